The molecule has 1 aliphatic rings. The van der Waals surface area contributed by atoms with E-state index >= 15 is 0 Å². The number of rotatable bonds is 6. The first-order valence-corrected chi connectivity index (χ1v) is 8.19. The molecule has 1 fully saturated rings. The zero-order chi connectivity index (χ0) is 14.6. The molecule has 0 aromatic heterocycles. The SMILES string of the molecule is CCN(CC)C1(C(N)Cc2ccccc2C)CCCC1. The van der Waals surface area contributed by atoms with Crippen LogP contribution in [0.5, 0.6) is 0 Å². The predicted octanol–water partition coefficient (Wildman–Crippen LogP) is 3.52. The highest BCUT2D eigenvalue weighted by molar-refractivity contribution is 5.27. The Morgan fingerprint density at radius 2 is 1.75 bits per heavy atom. The number of likely N-dealkylation sites (N-methyl/N-ethyl adjacent to an activating group) is 1. The van der Waals surface area contributed by atoms with Crippen molar-refractivity contribution in [2.24, 2.45) is 5.73 Å². The van der Waals surface area contributed by atoms with Gasteiger partial charge in [0.25, 0.3) is 0 Å². The van der Waals surface area contributed by atoms with Crippen LogP contribution in [0.15, 0.2) is 24.3 Å². The zero-order valence-electron chi connectivity index (χ0n) is 13.4. The van der Waals surface area contributed by atoms with Crippen LogP contribution >= 0.6 is 0 Å². The standard InChI is InChI=1S/C18H30N2/c1-4-20(5-2)18(12-8-9-13-18)17(19)14-16-11-7-6-10-15(16)3/h6-7,10-11,17H,4-5,8-9,12-14,19H2,1-3H3. The van der Waals surface area contributed by atoms with Gasteiger partial charge in [-0.15, -0.1) is 0 Å². The molecule has 1 atom stereocenters. The summed E-state index contributed by atoms with van der Waals surface area (Å²) < 4.78 is 0. The summed E-state index contributed by atoms with van der Waals surface area (Å²) in [6, 6.07) is 8.92. The van der Waals surface area contributed by atoms with Crippen molar-refractivity contribution in [3.8, 4) is 0 Å². The number of nitrogens with two attached hydrogens (primary N) is 1. The molecular formula is C18H30N2. The molecule has 0 radical (unpaired) electrons. The van der Waals surface area contributed by atoms with Crippen molar-refractivity contribution in [1.29, 1.82) is 0 Å². The van der Waals surface area contributed by atoms with Gasteiger partial charge in [0, 0.05) is 11.6 Å². The van der Waals surface area contributed by atoms with Crippen molar-refractivity contribution in [2.45, 2.75) is 64.5 Å². The minimum absolute atomic E-state index is 0.228. The van der Waals surface area contributed by atoms with Gasteiger partial charge in [-0.3, -0.25) is 4.90 Å². The summed E-state index contributed by atoms with van der Waals surface area (Å²) in [4.78, 5) is 2.61. The van der Waals surface area contributed by atoms with E-state index < -0.39 is 0 Å². The minimum Gasteiger partial charge on any atom is -0.326 e. The van der Waals surface area contributed by atoms with Crippen molar-refractivity contribution in [3.63, 3.8) is 0 Å². The summed E-state index contributed by atoms with van der Waals surface area (Å²) in [7, 11) is 0. The van der Waals surface area contributed by atoms with Gasteiger partial charge in [-0.2, -0.15) is 0 Å². The van der Waals surface area contributed by atoms with Crippen LogP contribution in [0.25, 0.3) is 0 Å². The van der Waals surface area contributed by atoms with Gasteiger partial charge in [-0.05, 0) is 50.4 Å². The molecule has 0 bridgehead atoms. The molecule has 1 aromatic carbocycles. The molecule has 2 N–H and O–H groups in total. The van der Waals surface area contributed by atoms with E-state index in [9.17, 15) is 0 Å². The van der Waals surface area contributed by atoms with E-state index in [-0.39, 0.29) is 11.6 Å². The quantitative estimate of drug-likeness (QED) is 0.860. The molecule has 2 rings (SSSR count). The second-order valence-corrected chi connectivity index (χ2v) is 6.22. The first kappa shape index (κ1) is 15.5. The van der Waals surface area contributed by atoms with Crippen LogP contribution in [0.2, 0.25) is 0 Å². The average molecular weight is 274 g/mol. The molecule has 20 heavy (non-hydrogen) atoms. The normalized spacial score (nSPS) is 19.4. The van der Waals surface area contributed by atoms with E-state index in [1.165, 1.54) is 36.8 Å². The fraction of sp³-hybridized carbons (Fsp3) is 0.667. The number of hydrogen-bond donors (Lipinski definition) is 1. The average Bonchev–Trinajstić information content (AvgIpc) is 2.93. The first-order chi connectivity index (χ1) is 9.64. The van der Waals surface area contributed by atoms with E-state index in [0.717, 1.165) is 19.5 Å². The van der Waals surface area contributed by atoms with E-state index in [0.29, 0.717) is 0 Å². The second kappa shape index (κ2) is 6.73. The third-order valence-corrected chi connectivity index (χ3v) is 5.25. The van der Waals surface area contributed by atoms with Gasteiger partial charge in [0.1, 0.15) is 0 Å². The Morgan fingerprint density at radius 3 is 2.30 bits per heavy atom. The Kier molecular flexibility index (Phi) is 5.22. The van der Waals surface area contributed by atoms with Gasteiger partial charge in [0.2, 0.25) is 0 Å². The van der Waals surface area contributed by atoms with E-state index in [2.05, 4.69) is 49.9 Å². The highest BCUT2D eigenvalue weighted by Gasteiger charge is 2.43. The molecule has 1 saturated carbocycles. The highest BCUT2D eigenvalue weighted by Crippen LogP contribution is 2.38. The second-order valence-electron chi connectivity index (χ2n) is 6.22. The summed E-state index contributed by atoms with van der Waals surface area (Å²) in [5, 5.41) is 0. The lowest BCUT2D eigenvalue weighted by Gasteiger charge is -2.45. The van der Waals surface area contributed by atoms with E-state index in [1.807, 2.05) is 0 Å². The summed E-state index contributed by atoms with van der Waals surface area (Å²) in [6.07, 6.45) is 6.20. The molecule has 2 heteroatoms. The van der Waals surface area contributed by atoms with Crippen LogP contribution in [-0.2, 0) is 6.42 Å². The Morgan fingerprint density at radius 1 is 1.15 bits per heavy atom. The molecule has 0 saturated heterocycles. The number of nitrogens with zero attached hydrogens (tertiary/aromatic N) is 1. The molecule has 1 unspecified atom stereocenters. The number of hydrogen-bond acceptors (Lipinski definition) is 2. The summed E-state index contributed by atoms with van der Waals surface area (Å²) in [5.41, 5.74) is 9.74. The molecule has 1 aromatic rings. The fourth-order valence-corrected chi connectivity index (χ4v) is 4.03. The lowest BCUT2D eigenvalue weighted by molar-refractivity contribution is 0.0771. The number of benzene rings is 1. The van der Waals surface area contributed by atoms with Crippen LogP contribution in [0.1, 0.15) is 50.7 Å². The maximum Gasteiger partial charge on any atom is 0.0363 e. The maximum absolute atomic E-state index is 6.73. The molecule has 0 aliphatic heterocycles. The summed E-state index contributed by atoms with van der Waals surface area (Å²) in [5.74, 6) is 0. The Labute approximate surface area is 124 Å². The lowest BCUT2D eigenvalue weighted by Crippen LogP contribution is -2.59. The molecule has 112 valence electrons. The van der Waals surface area contributed by atoms with Crippen molar-refractivity contribution >= 4 is 0 Å². The molecule has 0 heterocycles. The molecular weight excluding hydrogens is 244 g/mol. The summed E-state index contributed by atoms with van der Waals surface area (Å²) >= 11 is 0. The monoisotopic (exact) mass is 274 g/mol. The predicted molar refractivity (Wildman–Crippen MR) is 87.0 cm³/mol. The Balaban J connectivity index is 2.19. The van der Waals surface area contributed by atoms with Crippen LogP contribution in [0.4, 0.5) is 0 Å². The van der Waals surface area contributed by atoms with Gasteiger partial charge < -0.3 is 5.73 Å². The molecule has 2 nitrogen and oxygen atoms in total. The highest BCUT2D eigenvalue weighted by atomic mass is 15.2. The van der Waals surface area contributed by atoms with Gasteiger partial charge >= 0.3 is 0 Å². The van der Waals surface area contributed by atoms with E-state index in [4.69, 9.17) is 5.73 Å². The Hall–Kier alpha value is -0.860. The van der Waals surface area contributed by atoms with Crippen molar-refractivity contribution in [1.82, 2.24) is 4.90 Å². The molecule has 0 spiro atoms. The van der Waals surface area contributed by atoms with Crippen molar-refractivity contribution in [3.05, 3.63) is 35.4 Å². The van der Waals surface area contributed by atoms with Crippen molar-refractivity contribution in [2.75, 3.05) is 13.1 Å². The largest absolute Gasteiger partial charge is 0.326 e. The smallest absolute Gasteiger partial charge is 0.0363 e. The van der Waals surface area contributed by atoms with Crippen LogP contribution in [-0.4, -0.2) is 29.6 Å². The van der Waals surface area contributed by atoms with Gasteiger partial charge in [-0.25, -0.2) is 0 Å². The maximum atomic E-state index is 6.73. The van der Waals surface area contributed by atoms with Crippen molar-refractivity contribution < 1.29 is 0 Å². The zero-order valence-corrected chi connectivity index (χ0v) is 13.4. The molecule has 0 amide bonds. The third kappa shape index (κ3) is 2.91. The Bertz CT molecular complexity index is 417. The van der Waals surface area contributed by atoms with Crippen LogP contribution in [0, 0.1) is 6.92 Å². The lowest BCUT2D eigenvalue weighted by atomic mass is 9.82. The fourth-order valence-electron chi connectivity index (χ4n) is 4.03. The number of aryl methyl sites for hydroxylation is 1. The van der Waals surface area contributed by atoms with E-state index in [1.54, 1.807) is 0 Å². The molecule has 1 aliphatic carbocycles. The van der Waals surface area contributed by atoms with Gasteiger partial charge in [0.05, 0.1) is 0 Å². The third-order valence-electron chi connectivity index (χ3n) is 5.25. The topological polar surface area (TPSA) is 29.3 Å². The van der Waals surface area contributed by atoms with Crippen LogP contribution in [0.3, 0.4) is 0 Å². The van der Waals surface area contributed by atoms with Gasteiger partial charge in [0.15, 0.2) is 0 Å². The van der Waals surface area contributed by atoms with Crippen LogP contribution < -0.4 is 5.73 Å². The first-order valence-electron chi connectivity index (χ1n) is 8.19. The summed E-state index contributed by atoms with van der Waals surface area (Å²) in [6.45, 7) is 8.95. The van der Waals surface area contributed by atoms with Gasteiger partial charge in [-0.1, -0.05) is 51.0 Å². The minimum atomic E-state index is 0.228.